The molecule has 5 heteroatoms. The Morgan fingerprint density at radius 3 is 2.77 bits per heavy atom. The number of benzene rings is 2. The lowest BCUT2D eigenvalue weighted by atomic mass is 10.1. The minimum absolute atomic E-state index is 0.0135. The number of fused-ring (bicyclic) bond motifs is 2. The number of aliphatic hydroxyl groups excluding tert-OH is 1. The predicted molar refractivity (Wildman–Crippen MR) is 128 cm³/mol. The summed E-state index contributed by atoms with van der Waals surface area (Å²) >= 11 is 1.45. The first-order valence-corrected chi connectivity index (χ1v) is 11.4. The fraction of sp³-hybridized carbons (Fsp3) is 0.192. The number of carbonyl (C=O) groups is 1. The third-order valence-electron chi connectivity index (χ3n) is 5.82. The van der Waals surface area contributed by atoms with E-state index in [9.17, 15) is 9.90 Å². The standard InChI is InChI=1S/C26H24N2O2S/c29-21(17-27-14-13-19-6-1-3-8-23(19)27)18-28-16-20(22-7-2-4-9-24(22)28)11-12-25(30)26-10-5-15-31-26/h1-12,15-16,21,29H,13-14,17-18H2/b12-11+/t21-/m1/s1. The largest absolute Gasteiger partial charge is 0.389 e. The van der Waals surface area contributed by atoms with Crippen LogP contribution in [-0.4, -0.2) is 34.7 Å². The third-order valence-corrected chi connectivity index (χ3v) is 6.70. The average molecular weight is 429 g/mol. The minimum Gasteiger partial charge on any atom is -0.389 e. The van der Waals surface area contributed by atoms with Gasteiger partial charge >= 0.3 is 0 Å². The molecule has 31 heavy (non-hydrogen) atoms. The second kappa shape index (κ2) is 8.53. The first-order chi connectivity index (χ1) is 15.2. The Kier molecular flexibility index (Phi) is 5.45. The number of rotatable bonds is 7. The Hall–Kier alpha value is -3.15. The van der Waals surface area contributed by atoms with E-state index >= 15 is 0 Å². The van der Waals surface area contributed by atoms with Gasteiger partial charge in [0.15, 0.2) is 5.78 Å². The number of carbonyl (C=O) groups excluding carboxylic acids is 1. The molecule has 2 aromatic heterocycles. The molecule has 156 valence electrons. The number of hydrogen-bond donors (Lipinski definition) is 1. The summed E-state index contributed by atoms with van der Waals surface area (Å²) in [4.78, 5) is 15.4. The normalized spacial score (nSPS) is 14.4. The van der Waals surface area contributed by atoms with Crippen LogP contribution in [0.4, 0.5) is 5.69 Å². The number of aliphatic hydroxyl groups is 1. The van der Waals surface area contributed by atoms with E-state index in [-0.39, 0.29) is 5.78 Å². The zero-order valence-electron chi connectivity index (χ0n) is 17.1. The van der Waals surface area contributed by atoms with Crippen molar-refractivity contribution in [2.24, 2.45) is 0 Å². The van der Waals surface area contributed by atoms with Crippen molar-refractivity contribution in [3.63, 3.8) is 0 Å². The maximum absolute atomic E-state index is 12.4. The Labute approximate surface area is 185 Å². The summed E-state index contributed by atoms with van der Waals surface area (Å²) in [6, 6.07) is 20.3. The molecule has 4 nitrogen and oxygen atoms in total. The van der Waals surface area contributed by atoms with E-state index in [4.69, 9.17) is 0 Å². The second-order valence-electron chi connectivity index (χ2n) is 7.91. The number of hydrogen-bond acceptors (Lipinski definition) is 4. The molecule has 0 radical (unpaired) electrons. The topological polar surface area (TPSA) is 45.5 Å². The highest BCUT2D eigenvalue weighted by molar-refractivity contribution is 7.12. The Morgan fingerprint density at radius 1 is 1.06 bits per heavy atom. The zero-order valence-corrected chi connectivity index (χ0v) is 18.0. The monoisotopic (exact) mass is 428 g/mol. The summed E-state index contributed by atoms with van der Waals surface area (Å²) in [5.74, 6) is 0.0135. The van der Waals surface area contributed by atoms with Crippen LogP contribution in [0.15, 0.2) is 78.3 Å². The van der Waals surface area contributed by atoms with Crippen LogP contribution < -0.4 is 4.90 Å². The van der Waals surface area contributed by atoms with E-state index in [2.05, 4.69) is 45.9 Å². The quantitative estimate of drug-likeness (QED) is 0.332. The Bertz CT molecular complexity index is 1240. The lowest BCUT2D eigenvalue weighted by molar-refractivity contribution is 0.105. The van der Waals surface area contributed by atoms with Crippen molar-refractivity contribution < 1.29 is 9.90 Å². The molecule has 0 bridgehead atoms. The highest BCUT2D eigenvalue weighted by Gasteiger charge is 2.21. The van der Waals surface area contributed by atoms with Crippen LogP contribution in [0.3, 0.4) is 0 Å². The van der Waals surface area contributed by atoms with Gasteiger partial charge in [-0.1, -0.05) is 42.5 Å². The molecule has 0 spiro atoms. The molecule has 5 rings (SSSR count). The van der Waals surface area contributed by atoms with Gasteiger partial charge in [0.25, 0.3) is 0 Å². The number of aromatic nitrogens is 1. The molecule has 3 heterocycles. The van der Waals surface area contributed by atoms with Gasteiger partial charge in [-0.2, -0.15) is 0 Å². The van der Waals surface area contributed by atoms with Gasteiger partial charge in [-0.3, -0.25) is 4.79 Å². The van der Waals surface area contributed by atoms with Gasteiger partial charge in [-0.15, -0.1) is 11.3 Å². The third kappa shape index (κ3) is 4.07. The molecule has 0 amide bonds. The average Bonchev–Trinajstić information content (AvgIpc) is 3.53. The van der Waals surface area contributed by atoms with E-state index in [1.54, 1.807) is 6.08 Å². The fourth-order valence-electron chi connectivity index (χ4n) is 4.36. The number of allylic oxidation sites excluding steroid dienone is 1. The van der Waals surface area contributed by atoms with E-state index in [1.807, 2.05) is 41.9 Å². The molecular formula is C26H24N2O2S. The van der Waals surface area contributed by atoms with E-state index < -0.39 is 6.10 Å². The summed E-state index contributed by atoms with van der Waals surface area (Å²) in [5, 5.41) is 13.9. The highest BCUT2D eigenvalue weighted by atomic mass is 32.1. The SMILES string of the molecule is O=C(/C=C/c1cn(C[C@H](O)CN2CCc3ccccc32)c2ccccc12)c1cccs1. The van der Waals surface area contributed by atoms with Crippen LogP contribution in [0.5, 0.6) is 0 Å². The van der Waals surface area contributed by atoms with Crippen molar-refractivity contribution in [3.8, 4) is 0 Å². The lowest BCUT2D eigenvalue weighted by Crippen LogP contribution is -2.33. The Balaban J connectivity index is 1.35. The van der Waals surface area contributed by atoms with Crippen LogP contribution in [-0.2, 0) is 13.0 Å². The summed E-state index contributed by atoms with van der Waals surface area (Å²) in [6.45, 7) is 2.05. The molecule has 1 N–H and O–H groups in total. The molecule has 1 aliphatic rings. The summed E-state index contributed by atoms with van der Waals surface area (Å²) < 4.78 is 2.09. The fourth-order valence-corrected chi connectivity index (χ4v) is 5.01. The molecule has 0 fully saturated rings. The highest BCUT2D eigenvalue weighted by Crippen LogP contribution is 2.28. The van der Waals surface area contributed by atoms with Crippen LogP contribution in [0, 0.1) is 0 Å². The van der Waals surface area contributed by atoms with Crippen LogP contribution in [0.25, 0.3) is 17.0 Å². The lowest BCUT2D eigenvalue weighted by Gasteiger charge is -2.23. The molecule has 0 saturated heterocycles. The number of anilines is 1. The molecule has 1 atom stereocenters. The second-order valence-corrected chi connectivity index (χ2v) is 8.86. The number of β-amino-alcohol motifs (C(OH)–C–C–N with tert-alkyl or cyclic N) is 1. The molecule has 0 saturated carbocycles. The van der Waals surface area contributed by atoms with Crippen molar-refractivity contribution in [3.05, 3.63) is 94.3 Å². The van der Waals surface area contributed by atoms with Gasteiger partial charge in [-0.25, -0.2) is 0 Å². The maximum atomic E-state index is 12.4. The van der Waals surface area contributed by atoms with Gasteiger partial charge in [0.05, 0.1) is 17.5 Å². The maximum Gasteiger partial charge on any atom is 0.195 e. The molecule has 2 aromatic carbocycles. The molecule has 4 aromatic rings. The van der Waals surface area contributed by atoms with Gasteiger partial charge in [-0.05, 0) is 47.7 Å². The van der Waals surface area contributed by atoms with Crippen molar-refractivity contribution in [1.82, 2.24) is 4.57 Å². The first-order valence-electron chi connectivity index (χ1n) is 10.5. The summed E-state index contributed by atoms with van der Waals surface area (Å²) in [7, 11) is 0. The van der Waals surface area contributed by atoms with Gasteiger partial charge in [0, 0.05) is 41.4 Å². The zero-order chi connectivity index (χ0) is 21.2. The van der Waals surface area contributed by atoms with Crippen LogP contribution in [0.2, 0.25) is 0 Å². The van der Waals surface area contributed by atoms with Gasteiger partial charge in [0.1, 0.15) is 0 Å². The molecular weight excluding hydrogens is 404 g/mol. The number of thiophene rings is 1. The number of para-hydroxylation sites is 2. The predicted octanol–water partition coefficient (Wildman–Crippen LogP) is 5.02. The number of nitrogens with zero attached hydrogens (tertiary/aromatic N) is 2. The van der Waals surface area contributed by atoms with Gasteiger partial charge < -0.3 is 14.6 Å². The molecule has 0 unspecified atom stereocenters. The first kappa shape index (κ1) is 19.8. The van der Waals surface area contributed by atoms with Crippen molar-refractivity contribution in [1.29, 1.82) is 0 Å². The van der Waals surface area contributed by atoms with E-state index in [0.717, 1.165) is 34.3 Å². The Morgan fingerprint density at radius 2 is 1.90 bits per heavy atom. The van der Waals surface area contributed by atoms with E-state index in [0.29, 0.717) is 13.1 Å². The van der Waals surface area contributed by atoms with Crippen molar-refractivity contribution >= 4 is 39.8 Å². The van der Waals surface area contributed by atoms with Crippen molar-refractivity contribution in [2.75, 3.05) is 18.0 Å². The summed E-state index contributed by atoms with van der Waals surface area (Å²) in [5.41, 5.74) is 4.63. The smallest absolute Gasteiger partial charge is 0.195 e. The van der Waals surface area contributed by atoms with Crippen molar-refractivity contribution in [2.45, 2.75) is 19.1 Å². The summed E-state index contributed by atoms with van der Waals surface area (Å²) in [6.07, 6.45) is 6.08. The molecule has 0 aliphatic carbocycles. The molecule has 1 aliphatic heterocycles. The van der Waals surface area contributed by atoms with E-state index in [1.165, 1.54) is 22.6 Å². The van der Waals surface area contributed by atoms with Crippen LogP contribution in [0.1, 0.15) is 20.8 Å². The van der Waals surface area contributed by atoms with Crippen LogP contribution >= 0.6 is 11.3 Å². The number of ketones is 1. The minimum atomic E-state index is -0.494. The van der Waals surface area contributed by atoms with Gasteiger partial charge in [0.2, 0.25) is 0 Å².